The maximum Gasteiger partial charge on any atom is 0.132 e. The highest BCUT2D eigenvalue weighted by atomic mass is 16.5. The molecule has 0 aliphatic heterocycles. The number of nitrogens with two attached hydrogens (primary N) is 1. The van der Waals surface area contributed by atoms with Crippen LogP contribution in [0.15, 0.2) is 36.5 Å². The molecule has 0 spiro atoms. The fourth-order valence-corrected chi connectivity index (χ4v) is 1.58. The molecule has 2 aromatic rings. The molecule has 0 aliphatic rings. The van der Waals surface area contributed by atoms with E-state index in [9.17, 15) is 0 Å². The van der Waals surface area contributed by atoms with Crippen molar-refractivity contribution in [1.82, 2.24) is 9.78 Å². The van der Waals surface area contributed by atoms with E-state index in [1.54, 1.807) is 4.68 Å². The van der Waals surface area contributed by atoms with Gasteiger partial charge in [0.25, 0.3) is 0 Å². The number of aryl methyl sites for hydroxylation is 1. The molecule has 4 heteroatoms. The number of nitrogens with zero attached hydrogens (tertiary/aromatic N) is 2. The summed E-state index contributed by atoms with van der Waals surface area (Å²) in [5.74, 6) is 0.824. The SMILES string of the molecule is C[C@H](N)c1cccc(OCc2ccn(C)n2)c1. The third-order valence-corrected chi connectivity index (χ3v) is 2.54. The molecular weight excluding hydrogens is 214 g/mol. The van der Waals surface area contributed by atoms with Crippen LogP contribution >= 0.6 is 0 Å². The lowest BCUT2D eigenvalue weighted by atomic mass is 10.1. The first-order valence-corrected chi connectivity index (χ1v) is 5.62. The number of rotatable bonds is 4. The van der Waals surface area contributed by atoms with E-state index < -0.39 is 0 Å². The van der Waals surface area contributed by atoms with Crippen molar-refractivity contribution in [3.8, 4) is 5.75 Å². The van der Waals surface area contributed by atoms with Gasteiger partial charge in [-0.15, -0.1) is 0 Å². The quantitative estimate of drug-likeness (QED) is 0.875. The van der Waals surface area contributed by atoms with Crippen LogP contribution < -0.4 is 10.5 Å². The Balaban J connectivity index is 2.01. The number of hydrogen-bond donors (Lipinski definition) is 1. The molecule has 1 atom stereocenters. The van der Waals surface area contributed by atoms with Gasteiger partial charge in [0, 0.05) is 19.3 Å². The van der Waals surface area contributed by atoms with Gasteiger partial charge in [0.15, 0.2) is 0 Å². The van der Waals surface area contributed by atoms with E-state index in [1.165, 1.54) is 0 Å². The smallest absolute Gasteiger partial charge is 0.132 e. The Morgan fingerprint density at radius 3 is 2.88 bits per heavy atom. The van der Waals surface area contributed by atoms with Crippen molar-refractivity contribution in [3.63, 3.8) is 0 Å². The first kappa shape index (κ1) is 11.7. The van der Waals surface area contributed by atoms with Crippen LogP contribution in [0.1, 0.15) is 24.2 Å². The van der Waals surface area contributed by atoms with Crippen molar-refractivity contribution in [2.24, 2.45) is 12.8 Å². The standard InChI is InChI=1S/C13H17N3O/c1-10(14)11-4-3-5-13(8-11)17-9-12-6-7-16(2)15-12/h3-8,10H,9,14H2,1-2H3/t10-/m0/s1. The van der Waals surface area contributed by atoms with E-state index in [0.29, 0.717) is 6.61 Å². The Labute approximate surface area is 101 Å². The van der Waals surface area contributed by atoms with E-state index in [4.69, 9.17) is 10.5 Å². The molecule has 0 fully saturated rings. The van der Waals surface area contributed by atoms with Gasteiger partial charge < -0.3 is 10.5 Å². The largest absolute Gasteiger partial charge is 0.487 e. The molecule has 0 bridgehead atoms. The highest BCUT2D eigenvalue weighted by molar-refractivity contribution is 5.30. The monoisotopic (exact) mass is 231 g/mol. The van der Waals surface area contributed by atoms with Crippen LogP contribution in [0, 0.1) is 0 Å². The summed E-state index contributed by atoms with van der Waals surface area (Å²) in [6.07, 6.45) is 1.90. The summed E-state index contributed by atoms with van der Waals surface area (Å²) in [6, 6.07) is 9.80. The molecule has 90 valence electrons. The molecule has 0 saturated heterocycles. The first-order chi connectivity index (χ1) is 8.15. The van der Waals surface area contributed by atoms with E-state index in [0.717, 1.165) is 17.0 Å². The minimum absolute atomic E-state index is 0.0217. The first-order valence-electron chi connectivity index (χ1n) is 5.62. The van der Waals surface area contributed by atoms with Gasteiger partial charge in [-0.1, -0.05) is 12.1 Å². The molecule has 2 N–H and O–H groups in total. The third kappa shape index (κ3) is 3.07. The van der Waals surface area contributed by atoms with Gasteiger partial charge in [-0.05, 0) is 30.7 Å². The van der Waals surface area contributed by atoms with E-state index in [2.05, 4.69) is 5.10 Å². The average molecular weight is 231 g/mol. The predicted molar refractivity (Wildman–Crippen MR) is 66.6 cm³/mol. The maximum absolute atomic E-state index is 5.82. The van der Waals surface area contributed by atoms with Crippen molar-refractivity contribution in [3.05, 3.63) is 47.8 Å². The normalized spacial score (nSPS) is 12.4. The highest BCUT2D eigenvalue weighted by Gasteiger charge is 2.02. The lowest BCUT2D eigenvalue weighted by molar-refractivity contribution is 0.299. The summed E-state index contributed by atoms with van der Waals surface area (Å²) in [6.45, 7) is 2.43. The minimum Gasteiger partial charge on any atom is -0.487 e. The van der Waals surface area contributed by atoms with Crippen molar-refractivity contribution in [2.45, 2.75) is 19.6 Å². The highest BCUT2D eigenvalue weighted by Crippen LogP contribution is 2.18. The fourth-order valence-electron chi connectivity index (χ4n) is 1.58. The molecule has 0 saturated carbocycles. The summed E-state index contributed by atoms with van der Waals surface area (Å²) in [4.78, 5) is 0. The van der Waals surface area contributed by atoms with Crippen LogP contribution in [0.25, 0.3) is 0 Å². The molecule has 0 amide bonds. The lowest BCUT2D eigenvalue weighted by Crippen LogP contribution is -2.05. The van der Waals surface area contributed by atoms with E-state index in [-0.39, 0.29) is 6.04 Å². The summed E-state index contributed by atoms with van der Waals surface area (Å²) >= 11 is 0. The van der Waals surface area contributed by atoms with Gasteiger partial charge >= 0.3 is 0 Å². The Kier molecular flexibility index (Phi) is 3.44. The van der Waals surface area contributed by atoms with Crippen molar-refractivity contribution in [1.29, 1.82) is 0 Å². The van der Waals surface area contributed by atoms with Crippen LogP contribution in [0.5, 0.6) is 5.75 Å². The minimum atomic E-state index is 0.0217. The second kappa shape index (κ2) is 5.01. The Morgan fingerprint density at radius 1 is 1.41 bits per heavy atom. The second-order valence-electron chi connectivity index (χ2n) is 4.13. The fraction of sp³-hybridized carbons (Fsp3) is 0.308. The Bertz CT molecular complexity index is 491. The Hall–Kier alpha value is -1.81. The van der Waals surface area contributed by atoms with Gasteiger partial charge in [0.05, 0.1) is 5.69 Å². The number of aromatic nitrogens is 2. The number of benzene rings is 1. The summed E-state index contributed by atoms with van der Waals surface area (Å²) < 4.78 is 7.43. The molecule has 2 rings (SSSR count). The molecule has 4 nitrogen and oxygen atoms in total. The maximum atomic E-state index is 5.82. The van der Waals surface area contributed by atoms with Crippen LogP contribution in [-0.2, 0) is 13.7 Å². The molecule has 0 radical (unpaired) electrons. The molecule has 1 aromatic carbocycles. The van der Waals surface area contributed by atoms with Gasteiger partial charge in [-0.25, -0.2) is 0 Å². The van der Waals surface area contributed by atoms with Gasteiger partial charge in [-0.3, -0.25) is 4.68 Å². The molecule has 0 unspecified atom stereocenters. The Morgan fingerprint density at radius 2 is 2.24 bits per heavy atom. The summed E-state index contributed by atoms with van der Waals surface area (Å²) in [7, 11) is 1.89. The van der Waals surface area contributed by atoms with Crippen molar-refractivity contribution >= 4 is 0 Å². The molecule has 0 aliphatic carbocycles. The van der Waals surface area contributed by atoms with Crippen molar-refractivity contribution < 1.29 is 4.74 Å². The van der Waals surface area contributed by atoms with Gasteiger partial charge in [0.2, 0.25) is 0 Å². The summed E-state index contributed by atoms with van der Waals surface area (Å²) in [5.41, 5.74) is 7.81. The topological polar surface area (TPSA) is 53.1 Å². The molecular formula is C13H17N3O. The number of ether oxygens (including phenoxy) is 1. The zero-order chi connectivity index (χ0) is 12.3. The zero-order valence-corrected chi connectivity index (χ0v) is 10.1. The van der Waals surface area contributed by atoms with Gasteiger partial charge in [-0.2, -0.15) is 5.10 Å². The van der Waals surface area contributed by atoms with Crippen LogP contribution in [-0.4, -0.2) is 9.78 Å². The molecule has 17 heavy (non-hydrogen) atoms. The van der Waals surface area contributed by atoms with E-state index >= 15 is 0 Å². The predicted octanol–water partition coefficient (Wildman–Crippen LogP) is 2.02. The molecule has 1 aromatic heterocycles. The number of hydrogen-bond acceptors (Lipinski definition) is 3. The van der Waals surface area contributed by atoms with Crippen LogP contribution in [0.3, 0.4) is 0 Å². The zero-order valence-electron chi connectivity index (χ0n) is 10.1. The van der Waals surface area contributed by atoms with Crippen molar-refractivity contribution in [2.75, 3.05) is 0 Å². The van der Waals surface area contributed by atoms with Gasteiger partial charge in [0.1, 0.15) is 12.4 Å². The third-order valence-electron chi connectivity index (χ3n) is 2.54. The lowest BCUT2D eigenvalue weighted by Gasteiger charge is -2.09. The van der Waals surface area contributed by atoms with Crippen LogP contribution in [0.4, 0.5) is 0 Å². The van der Waals surface area contributed by atoms with Crippen LogP contribution in [0.2, 0.25) is 0 Å². The summed E-state index contributed by atoms with van der Waals surface area (Å²) in [5, 5.41) is 4.25. The molecule has 1 heterocycles. The van der Waals surface area contributed by atoms with E-state index in [1.807, 2.05) is 50.5 Å². The second-order valence-corrected chi connectivity index (χ2v) is 4.13. The average Bonchev–Trinajstić information content (AvgIpc) is 2.73.